The summed E-state index contributed by atoms with van der Waals surface area (Å²) in [7, 11) is 1.38. The van der Waals surface area contributed by atoms with Crippen LogP contribution in [-0.2, 0) is 9.53 Å². The number of carbonyl (C=O) groups is 1. The number of benzene rings is 1. The average molecular weight is 425 g/mol. The Morgan fingerprint density at radius 2 is 2.03 bits per heavy atom. The van der Waals surface area contributed by atoms with Crippen LogP contribution in [-0.4, -0.2) is 48.4 Å². The van der Waals surface area contributed by atoms with Crippen molar-refractivity contribution in [2.75, 3.05) is 26.1 Å². The maximum Gasteiger partial charge on any atom is 0.306 e. The Labute approximate surface area is 179 Å². The lowest BCUT2D eigenvalue weighted by molar-refractivity contribution is -0.140. The molecule has 164 valence electrons. The smallest absolute Gasteiger partial charge is 0.306 e. The molecule has 0 saturated heterocycles. The van der Waals surface area contributed by atoms with Gasteiger partial charge in [-0.15, -0.1) is 0 Å². The van der Waals surface area contributed by atoms with Gasteiger partial charge in [0, 0.05) is 11.3 Å². The summed E-state index contributed by atoms with van der Waals surface area (Å²) in [5, 5.41) is 19.8. The minimum atomic E-state index is -0.922. The summed E-state index contributed by atoms with van der Waals surface area (Å²) in [5.41, 5.74) is 2.14. The number of hydrogen-bond donors (Lipinski definition) is 2. The highest BCUT2D eigenvalue weighted by Crippen LogP contribution is 2.45. The SMILES string of the molecule is CCCCCOc1c(C2CCCC2)cccc1C(SCCC(=O)OC)C(O)CO. The van der Waals surface area contributed by atoms with Crippen molar-refractivity contribution in [2.24, 2.45) is 0 Å². The number of rotatable bonds is 13. The molecule has 2 atom stereocenters. The predicted octanol–water partition coefficient (Wildman–Crippen LogP) is 4.60. The number of aliphatic hydroxyl groups excluding tert-OH is 2. The van der Waals surface area contributed by atoms with Crippen molar-refractivity contribution in [3.05, 3.63) is 29.3 Å². The first-order valence-electron chi connectivity index (χ1n) is 10.8. The van der Waals surface area contributed by atoms with Gasteiger partial charge >= 0.3 is 5.97 Å². The van der Waals surface area contributed by atoms with Crippen LogP contribution in [0.5, 0.6) is 5.75 Å². The molecule has 5 nitrogen and oxygen atoms in total. The monoisotopic (exact) mass is 424 g/mol. The third-order valence-electron chi connectivity index (χ3n) is 5.54. The summed E-state index contributed by atoms with van der Waals surface area (Å²) < 4.78 is 11.0. The van der Waals surface area contributed by atoms with Crippen LogP contribution in [0.3, 0.4) is 0 Å². The second kappa shape index (κ2) is 13.1. The fourth-order valence-corrected chi connectivity index (χ4v) is 5.14. The van der Waals surface area contributed by atoms with E-state index in [1.54, 1.807) is 0 Å². The van der Waals surface area contributed by atoms with E-state index in [9.17, 15) is 15.0 Å². The summed E-state index contributed by atoms with van der Waals surface area (Å²) in [4.78, 5) is 11.5. The van der Waals surface area contributed by atoms with Crippen LogP contribution in [0.1, 0.15) is 80.6 Å². The highest BCUT2D eigenvalue weighted by atomic mass is 32.2. The van der Waals surface area contributed by atoms with E-state index in [2.05, 4.69) is 13.0 Å². The predicted molar refractivity (Wildman–Crippen MR) is 118 cm³/mol. The average Bonchev–Trinajstić information content (AvgIpc) is 3.28. The number of esters is 1. The molecular formula is C23H36O5S. The number of methoxy groups -OCH3 is 1. The maximum atomic E-state index is 11.5. The molecule has 29 heavy (non-hydrogen) atoms. The molecule has 2 unspecified atom stereocenters. The third-order valence-corrected chi connectivity index (χ3v) is 6.91. The van der Waals surface area contributed by atoms with Crippen molar-refractivity contribution in [3.63, 3.8) is 0 Å². The van der Waals surface area contributed by atoms with Gasteiger partial charge in [-0.3, -0.25) is 4.79 Å². The Morgan fingerprint density at radius 1 is 1.28 bits per heavy atom. The van der Waals surface area contributed by atoms with Gasteiger partial charge in [0.1, 0.15) is 5.75 Å². The molecule has 1 saturated carbocycles. The van der Waals surface area contributed by atoms with E-state index < -0.39 is 6.10 Å². The summed E-state index contributed by atoms with van der Waals surface area (Å²) in [6.07, 6.45) is 7.40. The fraction of sp³-hybridized carbons (Fsp3) is 0.696. The van der Waals surface area contributed by atoms with Crippen molar-refractivity contribution in [1.29, 1.82) is 0 Å². The van der Waals surface area contributed by atoms with Gasteiger partial charge in [0.25, 0.3) is 0 Å². The highest BCUT2D eigenvalue weighted by Gasteiger charge is 2.29. The van der Waals surface area contributed by atoms with Crippen molar-refractivity contribution in [2.45, 2.75) is 75.6 Å². The molecule has 0 heterocycles. The molecule has 0 amide bonds. The summed E-state index contributed by atoms with van der Waals surface area (Å²) in [6.45, 7) is 2.49. The number of para-hydroxylation sites is 1. The number of aliphatic hydroxyl groups is 2. The van der Waals surface area contributed by atoms with Gasteiger partial charge < -0.3 is 19.7 Å². The summed E-state index contributed by atoms with van der Waals surface area (Å²) in [6, 6.07) is 6.16. The molecule has 0 radical (unpaired) electrons. The first-order chi connectivity index (χ1) is 14.1. The van der Waals surface area contributed by atoms with Gasteiger partial charge in [-0.2, -0.15) is 11.8 Å². The molecule has 1 aromatic carbocycles. The Balaban J connectivity index is 2.28. The Bertz CT molecular complexity index is 615. The molecule has 1 aliphatic carbocycles. The fourth-order valence-electron chi connectivity index (χ4n) is 3.92. The quantitative estimate of drug-likeness (QED) is 0.356. The van der Waals surface area contributed by atoms with E-state index in [1.807, 2.05) is 12.1 Å². The van der Waals surface area contributed by atoms with Crippen molar-refractivity contribution in [1.82, 2.24) is 0 Å². The number of thioether (sulfide) groups is 1. The highest BCUT2D eigenvalue weighted by molar-refractivity contribution is 7.99. The van der Waals surface area contributed by atoms with Gasteiger partial charge in [0.05, 0.1) is 38.1 Å². The topological polar surface area (TPSA) is 76.0 Å². The molecular weight excluding hydrogens is 388 g/mol. The molecule has 1 aromatic rings. The molecule has 0 aromatic heterocycles. The van der Waals surface area contributed by atoms with Crippen LogP contribution >= 0.6 is 11.8 Å². The van der Waals surface area contributed by atoms with E-state index in [4.69, 9.17) is 9.47 Å². The first kappa shape index (κ1) is 24.0. The van der Waals surface area contributed by atoms with E-state index in [1.165, 1.54) is 37.3 Å². The molecule has 2 N–H and O–H groups in total. The van der Waals surface area contributed by atoms with E-state index >= 15 is 0 Å². The number of ether oxygens (including phenoxy) is 2. The van der Waals surface area contributed by atoms with Crippen molar-refractivity contribution < 1.29 is 24.5 Å². The van der Waals surface area contributed by atoms with Crippen LogP contribution in [0.2, 0.25) is 0 Å². The number of carbonyl (C=O) groups excluding carboxylic acids is 1. The van der Waals surface area contributed by atoms with Gasteiger partial charge in [-0.05, 0) is 30.7 Å². The van der Waals surface area contributed by atoms with Crippen LogP contribution < -0.4 is 4.74 Å². The lowest BCUT2D eigenvalue weighted by Crippen LogP contribution is -2.22. The van der Waals surface area contributed by atoms with Gasteiger partial charge in [-0.25, -0.2) is 0 Å². The zero-order valence-electron chi connectivity index (χ0n) is 17.8. The third kappa shape index (κ3) is 7.19. The largest absolute Gasteiger partial charge is 0.493 e. The van der Waals surface area contributed by atoms with Crippen LogP contribution in [0, 0.1) is 0 Å². The molecule has 2 rings (SSSR count). The first-order valence-corrected chi connectivity index (χ1v) is 11.9. The number of hydrogen-bond acceptors (Lipinski definition) is 6. The Hall–Kier alpha value is -1.24. The Morgan fingerprint density at radius 3 is 2.69 bits per heavy atom. The molecule has 0 bridgehead atoms. The standard InChI is InChI=1S/C23H36O5S/c1-3-4-7-14-28-22-18(17-9-5-6-10-17)11-8-12-19(22)23(20(25)16-24)29-15-13-21(26)27-2/h8,11-12,17,20,23-25H,3-7,9-10,13-16H2,1-2H3. The van der Waals surface area contributed by atoms with Crippen LogP contribution in [0.25, 0.3) is 0 Å². The van der Waals surface area contributed by atoms with Crippen LogP contribution in [0.4, 0.5) is 0 Å². The van der Waals surface area contributed by atoms with Gasteiger partial charge in [-0.1, -0.05) is 50.8 Å². The molecule has 1 fully saturated rings. The zero-order valence-corrected chi connectivity index (χ0v) is 18.6. The Kier molecular flexibility index (Phi) is 10.9. The number of unbranched alkanes of at least 4 members (excludes halogenated alkanes) is 2. The van der Waals surface area contributed by atoms with E-state index in [0.717, 1.165) is 43.4 Å². The maximum absolute atomic E-state index is 11.5. The van der Waals surface area contributed by atoms with Crippen LogP contribution in [0.15, 0.2) is 18.2 Å². The van der Waals surface area contributed by atoms with Gasteiger partial charge in [0.15, 0.2) is 0 Å². The van der Waals surface area contributed by atoms with E-state index in [-0.39, 0.29) is 24.2 Å². The molecule has 1 aliphatic rings. The minimum absolute atomic E-state index is 0.269. The summed E-state index contributed by atoms with van der Waals surface area (Å²) in [5.74, 6) is 1.60. The lowest BCUT2D eigenvalue weighted by atomic mass is 9.92. The normalized spacial score (nSPS) is 16.6. The van der Waals surface area contributed by atoms with E-state index in [0.29, 0.717) is 18.3 Å². The van der Waals surface area contributed by atoms with Gasteiger partial charge in [0.2, 0.25) is 0 Å². The minimum Gasteiger partial charge on any atom is -0.493 e. The molecule has 0 aliphatic heterocycles. The second-order valence-electron chi connectivity index (χ2n) is 7.67. The van der Waals surface area contributed by atoms with Crippen molar-refractivity contribution in [3.8, 4) is 5.75 Å². The second-order valence-corrected chi connectivity index (χ2v) is 8.92. The molecule has 6 heteroatoms. The zero-order chi connectivity index (χ0) is 21.1. The summed E-state index contributed by atoms with van der Waals surface area (Å²) >= 11 is 1.47. The van der Waals surface area contributed by atoms with Crippen molar-refractivity contribution >= 4 is 17.7 Å². The lowest BCUT2D eigenvalue weighted by Gasteiger charge is -2.27. The molecule has 0 spiro atoms.